The molecule has 1 atom stereocenters. The fraction of sp³-hybridized carbons (Fsp3) is 0.536. The summed E-state index contributed by atoms with van der Waals surface area (Å²) in [5.74, 6) is 1.52. The van der Waals surface area contributed by atoms with Crippen molar-refractivity contribution in [2.45, 2.75) is 84.5 Å². The summed E-state index contributed by atoms with van der Waals surface area (Å²) in [6.45, 7) is 16.1. The second kappa shape index (κ2) is 10.4. The number of Topliss-reactive ketones (excluding diaryl/α,β-unsaturated/α-hetero) is 1. The van der Waals surface area contributed by atoms with Crippen LogP contribution in [0.1, 0.15) is 68.7 Å². The zero-order valence-corrected chi connectivity index (χ0v) is 25.0. The van der Waals surface area contributed by atoms with Crippen LogP contribution >= 0.6 is 11.6 Å². The SMILES string of the molecule is CCC(CCO[Si](C)(C)C(C)(C)C)Nc1c2c(nc3c(-c4ccc(OC)cc4Cl)c(C)nn13)CCC2=O. The average molecular weight is 543 g/mol. The molecule has 1 aliphatic rings. The number of anilines is 1. The first-order valence-electron chi connectivity index (χ1n) is 13.1. The third-order valence-corrected chi connectivity index (χ3v) is 12.7. The number of ether oxygens (including phenoxy) is 1. The van der Waals surface area contributed by atoms with Gasteiger partial charge in [-0.15, -0.1) is 0 Å². The molecule has 1 aliphatic carbocycles. The van der Waals surface area contributed by atoms with Gasteiger partial charge in [0.2, 0.25) is 0 Å². The minimum absolute atomic E-state index is 0.108. The minimum atomic E-state index is -1.83. The first-order chi connectivity index (χ1) is 17.4. The van der Waals surface area contributed by atoms with Gasteiger partial charge in [-0.25, -0.2) is 4.98 Å². The number of aryl methyl sites for hydroxylation is 2. The van der Waals surface area contributed by atoms with Crippen LogP contribution in [0.3, 0.4) is 0 Å². The molecule has 0 fully saturated rings. The van der Waals surface area contributed by atoms with Crippen LogP contribution in [-0.2, 0) is 10.8 Å². The van der Waals surface area contributed by atoms with Crippen LogP contribution in [0.4, 0.5) is 5.82 Å². The molecule has 2 aromatic heterocycles. The van der Waals surface area contributed by atoms with Crippen LogP contribution < -0.4 is 10.1 Å². The van der Waals surface area contributed by atoms with Gasteiger partial charge >= 0.3 is 0 Å². The number of halogens is 1. The summed E-state index contributed by atoms with van der Waals surface area (Å²) in [5.41, 5.74) is 4.69. The van der Waals surface area contributed by atoms with Gasteiger partial charge < -0.3 is 14.5 Å². The Kier molecular flexibility index (Phi) is 7.75. The number of carbonyl (C=O) groups is 1. The molecule has 0 aliphatic heterocycles. The van der Waals surface area contributed by atoms with Crippen LogP contribution in [0.15, 0.2) is 18.2 Å². The predicted molar refractivity (Wildman–Crippen MR) is 153 cm³/mol. The molecule has 1 unspecified atom stereocenters. The highest BCUT2D eigenvalue weighted by Crippen LogP contribution is 2.39. The van der Waals surface area contributed by atoms with E-state index >= 15 is 0 Å². The van der Waals surface area contributed by atoms with E-state index < -0.39 is 8.32 Å². The molecule has 0 saturated heterocycles. The van der Waals surface area contributed by atoms with Crippen LogP contribution in [-0.4, -0.2) is 48.5 Å². The van der Waals surface area contributed by atoms with Crippen molar-refractivity contribution < 1.29 is 14.0 Å². The molecule has 4 rings (SSSR count). The second-order valence-corrected chi connectivity index (χ2v) is 16.6. The number of methoxy groups -OCH3 is 1. The van der Waals surface area contributed by atoms with Crippen molar-refractivity contribution >= 4 is 37.2 Å². The maximum absolute atomic E-state index is 13.0. The maximum Gasteiger partial charge on any atom is 0.191 e. The minimum Gasteiger partial charge on any atom is -0.497 e. The highest BCUT2D eigenvalue weighted by Gasteiger charge is 2.37. The molecule has 0 radical (unpaired) electrons. The lowest BCUT2D eigenvalue weighted by atomic mass is 10.1. The Bertz CT molecular complexity index is 1330. The Balaban J connectivity index is 1.73. The highest BCUT2D eigenvalue weighted by atomic mass is 35.5. The van der Waals surface area contributed by atoms with Crippen LogP contribution in [0.2, 0.25) is 23.2 Å². The Morgan fingerprint density at radius 3 is 2.57 bits per heavy atom. The molecule has 200 valence electrons. The number of carbonyl (C=O) groups excluding carboxylic acids is 1. The Hall–Kier alpha value is -2.42. The van der Waals surface area contributed by atoms with E-state index in [2.05, 4.69) is 46.1 Å². The zero-order valence-electron chi connectivity index (χ0n) is 23.3. The van der Waals surface area contributed by atoms with Crippen molar-refractivity contribution in [2.24, 2.45) is 0 Å². The number of nitrogens with zero attached hydrogens (tertiary/aromatic N) is 3. The monoisotopic (exact) mass is 542 g/mol. The number of rotatable bonds is 9. The van der Waals surface area contributed by atoms with Gasteiger partial charge in [0.25, 0.3) is 0 Å². The predicted octanol–water partition coefficient (Wildman–Crippen LogP) is 7.10. The van der Waals surface area contributed by atoms with Gasteiger partial charge in [-0.2, -0.15) is 9.61 Å². The van der Waals surface area contributed by atoms with E-state index in [9.17, 15) is 4.79 Å². The van der Waals surface area contributed by atoms with Crippen molar-refractivity contribution in [1.82, 2.24) is 14.6 Å². The van der Waals surface area contributed by atoms with Gasteiger partial charge in [0.05, 0.1) is 34.6 Å². The van der Waals surface area contributed by atoms with Gasteiger partial charge in [-0.3, -0.25) is 4.79 Å². The molecular weight excluding hydrogens is 504 g/mol. The standard InChI is InChI=1S/C28H39ClN4O3Si/c1-9-18(14-15-36-37(7,8)28(3,4)5)30-27-25-22(12-13-23(25)34)31-26-24(17(2)32-33(26)27)20-11-10-19(35-6)16-21(20)29/h10-11,16,18,30H,9,12-15H2,1-8H3. The van der Waals surface area contributed by atoms with Gasteiger partial charge in [0, 0.05) is 24.6 Å². The molecule has 0 spiro atoms. The Morgan fingerprint density at radius 1 is 1.22 bits per heavy atom. The summed E-state index contributed by atoms with van der Waals surface area (Å²) in [6, 6.07) is 5.75. The number of benzene rings is 1. The lowest BCUT2D eigenvalue weighted by Crippen LogP contribution is -2.41. The Morgan fingerprint density at radius 2 is 1.95 bits per heavy atom. The number of ketones is 1. The Labute approximate surface area is 226 Å². The van der Waals surface area contributed by atoms with Gasteiger partial charge in [0.15, 0.2) is 19.7 Å². The van der Waals surface area contributed by atoms with E-state index in [0.717, 1.165) is 41.2 Å². The topological polar surface area (TPSA) is 77.8 Å². The van der Waals surface area contributed by atoms with E-state index in [4.69, 9.17) is 30.8 Å². The molecule has 1 N–H and O–H groups in total. The van der Waals surface area contributed by atoms with E-state index in [0.29, 0.717) is 41.4 Å². The van der Waals surface area contributed by atoms with Crippen LogP contribution in [0.5, 0.6) is 5.75 Å². The summed E-state index contributed by atoms with van der Waals surface area (Å²) >= 11 is 6.66. The van der Waals surface area contributed by atoms with Crippen molar-refractivity contribution in [1.29, 1.82) is 0 Å². The van der Waals surface area contributed by atoms with Crippen LogP contribution in [0, 0.1) is 6.92 Å². The summed E-state index contributed by atoms with van der Waals surface area (Å²) < 4.78 is 13.6. The fourth-order valence-electron chi connectivity index (χ4n) is 4.55. The third kappa shape index (κ3) is 5.29. The zero-order chi connectivity index (χ0) is 27.1. The fourth-order valence-corrected chi connectivity index (χ4v) is 5.88. The largest absolute Gasteiger partial charge is 0.497 e. The van der Waals surface area contributed by atoms with Crippen molar-refractivity contribution in [3.63, 3.8) is 0 Å². The van der Waals surface area contributed by atoms with Crippen molar-refractivity contribution in [3.8, 4) is 16.9 Å². The molecule has 0 saturated carbocycles. The summed E-state index contributed by atoms with van der Waals surface area (Å²) in [6.07, 6.45) is 2.83. The molecule has 1 aromatic carbocycles. The van der Waals surface area contributed by atoms with E-state index in [1.807, 2.05) is 19.1 Å². The molecule has 3 aromatic rings. The molecule has 2 heterocycles. The first-order valence-corrected chi connectivity index (χ1v) is 16.4. The lowest BCUT2D eigenvalue weighted by molar-refractivity contribution is 0.0995. The maximum atomic E-state index is 13.0. The molecular formula is C28H39ClN4O3Si. The normalized spacial score (nSPS) is 14.8. The average Bonchev–Trinajstić information content (AvgIpc) is 3.36. The van der Waals surface area contributed by atoms with E-state index in [1.165, 1.54) is 0 Å². The summed E-state index contributed by atoms with van der Waals surface area (Å²) in [5, 5.41) is 9.26. The smallest absolute Gasteiger partial charge is 0.191 e. The quantitative estimate of drug-likeness (QED) is 0.290. The third-order valence-electron chi connectivity index (χ3n) is 7.90. The molecule has 37 heavy (non-hydrogen) atoms. The van der Waals surface area contributed by atoms with Gasteiger partial charge in [-0.1, -0.05) is 39.3 Å². The molecule has 0 bridgehead atoms. The van der Waals surface area contributed by atoms with Crippen LogP contribution in [0.25, 0.3) is 16.8 Å². The molecule has 7 nitrogen and oxygen atoms in total. The summed E-state index contributed by atoms with van der Waals surface area (Å²) in [4.78, 5) is 17.9. The number of nitrogens with one attached hydrogen (secondary N) is 1. The highest BCUT2D eigenvalue weighted by molar-refractivity contribution is 6.74. The van der Waals surface area contributed by atoms with E-state index in [-0.39, 0.29) is 16.9 Å². The number of hydrogen-bond donors (Lipinski definition) is 1. The first kappa shape index (κ1) is 27.6. The number of aromatic nitrogens is 3. The molecule has 9 heteroatoms. The summed E-state index contributed by atoms with van der Waals surface area (Å²) in [7, 11) is -0.215. The second-order valence-electron chi connectivity index (χ2n) is 11.4. The van der Waals surface area contributed by atoms with E-state index in [1.54, 1.807) is 17.7 Å². The lowest BCUT2D eigenvalue weighted by Gasteiger charge is -2.36. The van der Waals surface area contributed by atoms with Crippen molar-refractivity contribution in [2.75, 3.05) is 19.0 Å². The number of hydrogen-bond acceptors (Lipinski definition) is 6. The number of fused-ring (bicyclic) bond motifs is 2. The van der Waals surface area contributed by atoms with Gasteiger partial charge in [0.1, 0.15) is 11.6 Å². The molecule has 0 amide bonds. The van der Waals surface area contributed by atoms with Crippen molar-refractivity contribution in [3.05, 3.63) is 40.2 Å². The van der Waals surface area contributed by atoms with Gasteiger partial charge in [-0.05, 0) is 62.5 Å².